The molecule has 0 atom stereocenters. The average Bonchev–Trinajstić information content (AvgIpc) is 3.22. The van der Waals surface area contributed by atoms with Crippen molar-refractivity contribution in [1.29, 1.82) is 0 Å². The number of nitrogens with zero attached hydrogens (tertiary/aromatic N) is 3. The second kappa shape index (κ2) is 9.71. The van der Waals surface area contributed by atoms with E-state index >= 15 is 0 Å². The molecule has 0 spiro atoms. The number of thiazole rings is 1. The van der Waals surface area contributed by atoms with Gasteiger partial charge in [0.2, 0.25) is 5.91 Å². The minimum absolute atomic E-state index is 0.000936. The van der Waals surface area contributed by atoms with Gasteiger partial charge in [0.1, 0.15) is 5.75 Å². The molecule has 0 fully saturated rings. The molecule has 2 heterocycles. The van der Waals surface area contributed by atoms with Crippen LogP contribution in [0.3, 0.4) is 0 Å². The van der Waals surface area contributed by atoms with E-state index < -0.39 is 0 Å². The summed E-state index contributed by atoms with van der Waals surface area (Å²) in [7, 11) is 0. The molecule has 2 aromatic carbocycles. The van der Waals surface area contributed by atoms with Crippen LogP contribution in [0.2, 0.25) is 0 Å². The number of ether oxygens (including phenoxy) is 1. The van der Waals surface area contributed by atoms with Crippen LogP contribution in [0, 0.1) is 0 Å². The summed E-state index contributed by atoms with van der Waals surface area (Å²) < 4.78 is 6.61. The Kier molecular flexibility index (Phi) is 6.57. The quantitative estimate of drug-likeness (QED) is 0.373. The number of hydrogen-bond acceptors (Lipinski definition) is 5. The molecule has 158 valence electrons. The van der Waals surface area contributed by atoms with Crippen molar-refractivity contribution in [2.24, 2.45) is 0 Å². The minimum atomic E-state index is -0.000936. The first-order valence-electron chi connectivity index (χ1n) is 10.5. The highest BCUT2D eigenvalue weighted by atomic mass is 32.1. The van der Waals surface area contributed by atoms with E-state index in [-0.39, 0.29) is 5.91 Å². The van der Waals surface area contributed by atoms with E-state index in [0.717, 1.165) is 33.6 Å². The Bertz CT molecular complexity index is 1160. The molecular formula is C25H25N3O2S. The zero-order valence-corrected chi connectivity index (χ0v) is 18.6. The van der Waals surface area contributed by atoms with E-state index in [1.807, 2.05) is 55.5 Å². The molecule has 4 rings (SSSR count). The smallest absolute Gasteiger partial charge is 0.233 e. The van der Waals surface area contributed by atoms with Crippen LogP contribution in [0.25, 0.3) is 10.2 Å². The van der Waals surface area contributed by atoms with Crippen LogP contribution in [0.5, 0.6) is 5.75 Å². The Morgan fingerprint density at radius 3 is 2.55 bits per heavy atom. The van der Waals surface area contributed by atoms with Crippen LogP contribution in [-0.4, -0.2) is 22.5 Å². The Balaban J connectivity index is 1.64. The maximum atomic E-state index is 13.4. The molecule has 1 amide bonds. The van der Waals surface area contributed by atoms with Crippen molar-refractivity contribution in [2.45, 2.75) is 33.2 Å². The number of carbonyl (C=O) groups is 1. The Morgan fingerprint density at radius 2 is 1.84 bits per heavy atom. The van der Waals surface area contributed by atoms with Crippen LogP contribution < -0.4 is 9.64 Å². The number of carbonyl (C=O) groups excluding carboxylic acids is 1. The van der Waals surface area contributed by atoms with Gasteiger partial charge in [0.15, 0.2) is 5.13 Å². The van der Waals surface area contributed by atoms with Gasteiger partial charge in [0, 0.05) is 6.20 Å². The van der Waals surface area contributed by atoms with Gasteiger partial charge in [-0.05, 0) is 54.8 Å². The van der Waals surface area contributed by atoms with Crippen LogP contribution in [-0.2, 0) is 24.2 Å². The number of amides is 1. The van der Waals surface area contributed by atoms with Crippen molar-refractivity contribution in [1.82, 2.24) is 9.97 Å². The second-order valence-electron chi connectivity index (χ2n) is 7.21. The summed E-state index contributed by atoms with van der Waals surface area (Å²) in [5.74, 6) is 0.808. The Hall–Kier alpha value is -3.25. The summed E-state index contributed by atoms with van der Waals surface area (Å²) in [5.41, 5.74) is 3.94. The molecule has 0 saturated heterocycles. The van der Waals surface area contributed by atoms with E-state index in [4.69, 9.17) is 9.72 Å². The summed E-state index contributed by atoms with van der Waals surface area (Å²) in [6.45, 7) is 5.07. The van der Waals surface area contributed by atoms with Crippen molar-refractivity contribution in [3.8, 4) is 5.75 Å². The van der Waals surface area contributed by atoms with E-state index in [1.54, 1.807) is 11.1 Å². The van der Waals surface area contributed by atoms with Gasteiger partial charge in [0.25, 0.3) is 0 Å². The molecule has 0 aliphatic carbocycles. The normalized spacial score (nSPS) is 10.9. The maximum absolute atomic E-state index is 13.4. The lowest BCUT2D eigenvalue weighted by molar-refractivity contribution is -0.118. The molecule has 4 aromatic rings. The first-order chi connectivity index (χ1) is 15.2. The van der Waals surface area contributed by atoms with E-state index in [9.17, 15) is 4.79 Å². The number of aromatic nitrogens is 2. The topological polar surface area (TPSA) is 55.3 Å². The largest absolute Gasteiger partial charge is 0.494 e. The zero-order valence-electron chi connectivity index (χ0n) is 17.7. The van der Waals surface area contributed by atoms with Crippen LogP contribution in [0.15, 0.2) is 66.9 Å². The third kappa shape index (κ3) is 5.09. The number of aryl methyl sites for hydroxylation is 1. The van der Waals surface area contributed by atoms with Gasteiger partial charge in [-0.3, -0.25) is 14.7 Å². The van der Waals surface area contributed by atoms with Gasteiger partial charge in [-0.2, -0.15) is 0 Å². The lowest BCUT2D eigenvalue weighted by atomic mass is 10.1. The lowest BCUT2D eigenvalue weighted by Crippen LogP contribution is -2.32. The molecule has 0 aliphatic heterocycles. The van der Waals surface area contributed by atoms with Crippen molar-refractivity contribution in [2.75, 3.05) is 11.5 Å². The third-order valence-electron chi connectivity index (χ3n) is 5.02. The van der Waals surface area contributed by atoms with Crippen molar-refractivity contribution in [3.05, 3.63) is 83.7 Å². The van der Waals surface area contributed by atoms with Crippen LogP contribution in [0.1, 0.15) is 30.7 Å². The summed E-state index contributed by atoms with van der Waals surface area (Å²) in [6, 6.07) is 19.8. The first-order valence-corrected chi connectivity index (χ1v) is 11.3. The Labute approximate surface area is 186 Å². The summed E-state index contributed by atoms with van der Waals surface area (Å²) >= 11 is 1.50. The maximum Gasteiger partial charge on any atom is 0.233 e. The highest BCUT2D eigenvalue weighted by molar-refractivity contribution is 7.22. The molecule has 0 radical (unpaired) electrons. The second-order valence-corrected chi connectivity index (χ2v) is 8.22. The van der Waals surface area contributed by atoms with Crippen LogP contribution >= 0.6 is 11.3 Å². The highest BCUT2D eigenvalue weighted by Crippen LogP contribution is 2.32. The van der Waals surface area contributed by atoms with Crippen molar-refractivity contribution < 1.29 is 9.53 Å². The number of anilines is 1. The number of hydrogen-bond donors (Lipinski definition) is 0. The monoisotopic (exact) mass is 431 g/mol. The minimum Gasteiger partial charge on any atom is -0.494 e. The summed E-state index contributed by atoms with van der Waals surface area (Å²) in [6.07, 6.45) is 3.04. The fourth-order valence-electron chi connectivity index (χ4n) is 3.34. The number of fused-ring (bicyclic) bond motifs is 1. The first kappa shape index (κ1) is 21.0. The lowest BCUT2D eigenvalue weighted by Gasteiger charge is -2.19. The molecule has 2 aromatic heterocycles. The fourth-order valence-corrected chi connectivity index (χ4v) is 4.35. The van der Waals surface area contributed by atoms with Gasteiger partial charge >= 0.3 is 0 Å². The standard InChI is InChI=1S/C25H25N3O2S/c1-3-18-8-10-19(11-9-18)15-24(29)28(17-20-7-5-6-14-26-20)25-27-22-13-12-21(30-4-2)16-23(22)31-25/h5-14,16H,3-4,15,17H2,1-2H3. The predicted octanol–water partition coefficient (Wildman–Crippen LogP) is 5.43. The molecule has 0 aliphatic rings. The van der Waals surface area contributed by atoms with Gasteiger partial charge in [0.05, 0.1) is 35.5 Å². The van der Waals surface area contributed by atoms with Gasteiger partial charge in [-0.1, -0.05) is 48.6 Å². The van der Waals surface area contributed by atoms with Crippen molar-refractivity contribution >= 4 is 32.6 Å². The Morgan fingerprint density at radius 1 is 1.03 bits per heavy atom. The molecular weight excluding hydrogens is 406 g/mol. The van der Waals surface area contributed by atoms with E-state index in [2.05, 4.69) is 24.0 Å². The highest BCUT2D eigenvalue weighted by Gasteiger charge is 2.21. The number of benzene rings is 2. The van der Waals surface area contributed by atoms with Crippen molar-refractivity contribution in [3.63, 3.8) is 0 Å². The average molecular weight is 432 g/mol. The van der Waals surface area contributed by atoms with Crippen LogP contribution in [0.4, 0.5) is 5.13 Å². The fraction of sp³-hybridized carbons (Fsp3) is 0.240. The molecule has 0 bridgehead atoms. The van der Waals surface area contributed by atoms with E-state index in [0.29, 0.717) is 24.7 Å². The number of pyridine rings is 1. The van der Waals surface area contributed by atoms with Gasteiger partial charge in [-0.25, -0.2) is 4.98 Å². The molecule has 5 nitrogen and oxygen atoms in total. The number of rotatable bonds is 8. The third-order valence-corrected chi connectivity index (χ3v) is 6.07. The molecule has 0 unspecified atom stereocenters. The van der Waals surface area contributed by atoms with E-state index in [1.165, 1.54) is 16.9 Å². The molecule has 0 saturated carbocycles. The molecule has 6 heteroatoms. The summed E-state index contributed by atoms with van der Waals surface area (Å²) in [4.78, 5) is 24.2. The SMILES string of the molecule is CCOc1ccc2nc(N(Cc3ccccn3)C(=O)Cc3ccc(CC)cc3)sc2c1. The zero-order chi connectivity index (χ0) is 21.6. The van der Waals surface area contributed by atoms with Gasteiger partial charge in [-0.15, -0.1) is 0 Å². The molecule has 31 heavy (non-hydrogen) atoms. The van der Waals surface area contributed by atoms with Gasteiger partial charge < -0.3 is 4.74 Å². The molecule has 0 N–H and O–H groups in total. The predicted molar refractivity (Wildman–Crippen MR) is 126 cm³/mol. The summed E-state index contributed by atoms with van der Waals surface area (Å²) in [5, 5.41) is 0.671.